The molecule has 6 nitrogen and oxygen atoms in total. The Kier molecular flexibility index (Phi) is 6.47. The van der Waals surface area contributed by atoms with E-state index in [-0.39, 0.29) is 11.4 Å². The van der Waals surface area contributed by atoms with Crippen molar-refractivity contribution in [3.8, 4) is 23.1 Å². The maximum Gasteiger partial charge on any atom is 0.261 e. The number of hydrogen-bond donors (Lipinski definition) is 0. The summed E-state index contributed by atoms with van der Waals surface area (Å²) in [5.74, 6) is 2.81. The molecule has 1 heterocycles. The van der Waals surface area contributed by atoms with Gasteiger partial charge in [-0.1, -0.05) is 30.7 Å². The third-order valence-corrected chi connectivity index (χ3v) is 5.69. The quantitative estimate of drug-likeness (QED) is 0.473. The highest BCUT2D eigenvalue weighted by atomic mass is 35.5. The van der Waals surface area contributed by atoms with E-state index in [1.54, 1.807) is 25.3 Å². The van der Waals surface area contributed by atoms with Gasteiger partial charge in [0.1, 0.15) is 12.9 Å². The smallest absolute Gasteiger partial charge is 0.261 e. The van der Waals surface area contributed by atoms with Gasteiger partial charge in [0.15, 0.2) is 11.5 Å². The van der Waals surface area contributed by atoms with Crippen LogP contribution in [0.1, 0.15) is 25.3 Å². The summed E-state index contributed by atoms with van der Waals surface area (Å²) in [6, 6.07) is 14.1. The monoisotopic (exact) mass is 440 g/mol. The number of hydrogen-bond acceptors (Lipinski definition) is 5. The van der Waals surface area contributed by atoms with Crippen molar-refractivity contribution in [2.45, 2.75) is 26.4 Å². The zero-order valence-corrected chi connectivity index (χ0v) is 18.3. The first-order valence-corrected chi connectivity index (χ1v) is 10.7. The topological polar surface area (TPSA) is 62.6 Å². The van der Waals surface area contributed by atoms with Crippen LogP contribution in [0.3, 0.4) is 0 Å². The molecule has 1 unspecified atom stereocenters. The minimum Gasteiger partial charge on any atom is -0.493 e. The van der Waals surface area contributed by atoms with E-state index in [2.05, 4.69) is 11.9 Å². The van der Waals surface area contributed by atoms with Gasteiger partial charge in [-0.25, -0.2) is 4.98 Å². The Bertz CT molecular complexity index is 1090. The molecule has 1 fully saturated rings. The van der Waals surface area contributed by atoms with E-state index in [1.165, 1.54) is 29.8 Å². The summed E-state index contributed by atoms with van der Waals surface area (Å²) in [5.41, 5.74) is 1.33. The Labute approximate surface area is 186 Å². The van der Waals surface area contributed by atoms with Crippen molar-refractivity contribution >= 4 is 11.6 Å². The first-order valence-electron chi connectivity index (χ1n) is 10.3. The number of halogens is 1. The van der Waals surface area contributed by atoms with E-state index in [0.717, 1.165) is 11.5 Å². The van der Waals surface area contributed by atoms with Crippen molar-refractivity contribution in [2.75, 3.05) is 13.7 Å². The van der Waals surface area contributed by atoms with E-state index >= 15 is 0 Å². The van der Waals surface area contributed by atoms with E-state index in [4.69, 9.17) is 25.8 Å². The van der Waals surface area contributed by atoms with Crippen molar-refractivity contribution in [3.63, 3.8) is 0 Å². The zero-order chi connectivity index (χ0) is 21.8. The van der Waals surface area contributed by atoms with Gasteiger partial charge in [-0.2, -0.15) is 0 Å². The Balaban J connectivity index is 1.45. The van der Waals surface area contributed by atoms with Crippen LogP contribution in [0, 0.1) is 11.8 Å². The molecule has 1 aliphatic rings. The zero-order valence-electron chi connectivity index (χ0n) is 17.6. The third kappa shape index (κ3) is 5.39. The van der Waals surface area contributed by atoms with Crippen molar-refractivity contribution in [1.82, 2.24) is 9.55 Å². The number of rotatable bonds is 9. The molecule has 0 aliphatic heterocycles. The molecule has 0 N–H and O–H groups in total. The molecule has 0 bridgehead atoms. The molecular weight excluding hydrogens is 416 g/mol. The molecule has 1 aromatic heterocycles. The molecule has 31 heavy (non-hydrogen) atoms. The fourth-order valence-electron chi connectivity index (χ4n) is 3.34. The second-order valence-electron chi connectivity index (χ2n) is 7.81. The van der Waals surface area contributed by atoms with Gasteiger partial charge in [-0.15, -0.1) is 0 Å². The number of benzene rings is 2. The first kappa shape index (κ1) is 21.2. The molecule has 162 valence electrons. The number of nitrogens with zero attached hydrogens (tertiary/aromatic N) is 2. The van der Waals surface area contributed by atoms with Crippen molar-refractivity contribution in [1.29, 1.82) is 0 Å². The summed E-state index contributed by atoms with van der Waals surface area (Å²) in [7, 11) is 1.59. The molecule has 1 atom stereocenters. The molecule has 0 amide bonds. The van der Waals surface area contributed by atoms with Gasteiger partial charge in [-0.05, 0) is 54.5 Å². The van der Waals surface area contributed by atoms with Crippen molar-refractivity contribution in [2.24, 2.45) is 11.8 Å². The van der Waals surface area contributed by atoms with Crippen LogP contribution in [-0.2, 0) is 6.61 Å². The fourth-order valence-corrected chi connectivity index (χ4v) is 3.47. The normalized spacial score (nSPS) is 14.2. The van der Waals surface area contributed by atoms with Crippen molar-refractivity contribution < 1.29 is 14.2 Å². The highest BCUT2D eigenvalue weighted by molar-refractivity contribution is 6.30. The Morgan fingerprint density at radius 2 is 1.87 bits per heavy atom. The maximum absolute atomic E-state index is 12.6. The van der Waals surface area contributed by atoms with Gasteiger partial charge < -0.3 is 14.2 Å². The molecule has 3 aromatic rings. The van der Waals surface area contributed by atoms with Gasteiger partial charge in [-0.3, -0.25) is 9.36 Å². The molecule has 2 aromatic carbocycles. The summed E-state index contributed by atoms with van der Waals surface area (Å²) >= 11 is 5.89. The highest BCUT2D eigenvalue weighted by Gasteiger charge is 2.28. The maximum atomic E-state index is 12.6. The summed E-state index contributed by atoms with van der Waals surface area (Å²) in [6.07, 6.45) is 4.02. The largest absolute Gasteiger partial charge is 0.493 e. The molecule has 7 heteroatoms. The third-order valence-electron chi connectivity index (χ3n) is 5.44. The second kappa shape index (κ2) is 9.43. The minimum atomic E-state index is -0.251. The summed E-state index contributed by atoms with van der Waals surface area (Å²) in [6.45, 7) is 3.16. The van der Waals surface area contributed by atoms with Crippen LogP contribution in [0.25, 0.3) is 5.69 Å². The van der Waals surface area contributed by atoms with Crippen LogP contribution in [0.4, 0.5) is 0 Å². The van der Waals surface area contributed by atoms with E-state index < -0.39 is 0 Å². The second-order valence-corrected chi connectivity index (χ2v) is 8.25. The van der Waals surface area contributed by atoms with Gasteiger partial charge in [0, 0.05) is 11.1 Å². The lowest BCUT2D eigenvalue weighted by molar-refractivity contribution is 0.234. The molecule has 0 spiro atoms. The van der Waals surface area contributed by atoms with Crippen LogP contribution in [0.15, 0.2) is 59.7 Å². The fraction of sp³-hybridized carbons (Fsp3) is 0.333. The van der Waals surface area contributed by atoms with E-state index in [9.17, 15) is 4.79 Å². The lowest BCUT2D eigenvalue weighted by atomic mass is 10.1. The summed E-state index contributed by atoms with van der Waals surface area (Å²) in [5, 5.41) is 0.661. The predicted octanol–water partition coefficient (Wildman–Crippen LogP) is 4.90. The van der Waals surface area contributed by atoms with Gasteiger partial charge in [0.05, 0.1) is 25.5 Å². The Morgan fingerprint density at radius 3 is 2.55 bits per heavy atom. The van der Waals surface area contributed by atoms with Crippen LogP contribution < -0.4 is 19.8 Å². The molecule has 4 rings (SSSR count). The van der Waals surface area contributed by atoms with E-state index in [1.807, 2.05) is 24.3 Å². The average Bonchev–Trinajstić information content (AvgIpc) is 3.63. The molecule has 0 radical (unpaired) electrons. The van der Waals surface area contributed by atoms with Gasteiger partial charge in [0.2, 0.25) is 5.88 Å². The Morgan fingerprint density at radius 1 is 1.10 bits per heavy atom. The minimum absolute atomic E-state index is 0.251. The van der Waals surface area contributed by atoms with E-state index in [0.29, 0.717) is 41.3 Å². The van der Waals surface area contributed by atoms with Gasteiger partial charge in [0.25, 0.3) is 5.56 Å². The highest BCUT2D eigenvalue weighted by Crippen LogP contribution is 2.37. The molecular formula is C24H25ClN2O4. The molecule has 0 saturated heterocycles. The van der Waals surface area contributed by atoms with Crippen molar-refractivity contribution in [3.05, 3.63) is 75.8 Å². The lowest BCUT2D eigenvalue weighted by Gasteiger charge is -2.16. The number of methoxy groups -OCH3 is 1. The molecule has 1 saturated carbocycles. The van der Waals surface area contributed by atoms with Crippen LogP contribution in [-0.4, -0.2) is 23.3 Å². The van der Waals surface area contributed by atoms with Crippen LogP contribution in [0.5, 0.6) is 17.4 Å². The SMILES string of the molecule is COc1cc(-n2cnc(OCc3ccc(Cl)cc3)cc2=O)ccc1OCC(C)C1CC1. The number of aromatic nitrogens is 2. The summed E-state index contributed by atoms with van der Waals surface area (Å²) < 4.78 is 18.5. The standard InChI is InChI=1S/C24H25ClN2O4/c1-16(18-5-6-18)13-30-21-10-9-20(11-22(21)29-2)27-15-26-23(12-24(27)28)31-14-17-3-7-19(25)8-4-17/h3-4,7-12,15-16,18H,5-6,13-14H2,1-2H3. The van der Waals surface area contributed by atoms with Crippen LogP contribution in [0.2, 0.25) is 5.02 Å². The number of ether oxygens (including phenoxy) is 3. The lowest BCUT2D eigenvalue weighted by Crippen LogP contribution is -2.18. The first-order chi connectivity index (χ1) is 15.0. The van der Waals surface area contributed by atoms with Gasteiger partial charge >= 0.3 is 0 Å². The average molecular weight is 441 g/mol. The van der Waals surface area contributed by atoms with Crippen LogP contribution >= 0.6 is 11.6 Å². The summed E-state index contributed by atoms with van der Waals surface area (Å²) in [4.78, 5) is 16.9. The Hall–Kier alpha value is -2.99. The predicted molar refractivity (Wildman–Crippen MR) is 120 cm³/mol. The molecule has 1 aliphatic carbocycles.